The van der Waals surface area contributed by atoms with Crippen molar-refractivity contribution in [2.75, 3.05) is 13.3 Å². The molecule has 0 spiro atoms. The first kappa shape index (κ1) is 37.7. The van der Waals surface area contributed by atoms with Crippen LogP contribution in [0.25, 0.3) is 11.1 Å². The predicted octanol–water partition coefficient (Wildman–Crippen LogP) is 11.5. The molecule has 5 nitrogen and oxygen atoms in total. The first-order valence-electron chi connectivity index (χ1n) is 17.6. The zero-order valence-corrected chi connectivity index (χ0v) is 28.2. The van der Waals surface area contributed by atoms with Crippen molar-refractivity contribution in [2.24, 2.45) is 0 Å². The minimum atomic E-state index is -0.889. The lowest BCUT2D eigenvalue weighted by molar-refractivity contribution is 0.0211. The van der Waals surface area contributed by atoms with Gasteiger partial charge in [0.15, 0.2) is 11.6 Å². The van der Waals surface area contributed by atoms with E-state index in [4.69, 9.17) is 14.2 Å². The van der Waals surface area contributed by atoms with E-state index in [-0.39, 0.29) is 16.9 Å². The highest BCUT2D eigenvalue weighted by atomic mass is 19.1. The maximum Gasteiger partial charge on any atom is 0.343 e. The molecule has 0 saturated heterocycles. The molecule has 0 N–H and O–H groups in total. The van der Waals surface area contributed by atoms with Crippen LogP contribution in [0.1, 0.15) is 131 Å². The molecule has 3 rings (SSSR count). The van der Waals surface area contributed by atoms with Gasteiger partial charge in [-0.2, -0.15) is 0 Å². The lowest BCUT2D eigenvalue weighted by atomic mass is 10.0. The summed E-state index contributed by atoms with van der Waals surface area (Å²) in [7, 11) is 0. The quantitative estimate of drug-likeness (QED) is 0.0580. The Labute approximate surface area is 280 Å². The lowest BCUT2D eigenvalue weighted by Gasteiger charge is -2.15. The van der Waals surface area contributed by atoms with E-state index in [0.29, 0.717) is 13.0 Å². The van der Waals surface area contributed by atoms with Crippen LogP contribution in [-0.4, -0.2) is 31.3 Å². The van der Waals surface area contributed by atoms with E-state index in [1.165, 1.54) is 69.9 Å². The second-order valence-corrected chi connectivity index (χ2v) is 12.2. The molecule has 0 amide bonds. The average Bonchev–Trinajstić information content (AvgIpc) is 3.09. The van der Waals surface area contributed by atoms with Gasteiger partial charge in [0.2, 0.25) is 0 Å². The molecular weight excluding hydrogens is 598 g/mol. The third-order valence-electron chi connectivity index (χ3n) is 8.27. The van der Waals surface area contributed by atoms with Gasteiger partial charge < -0.3 is 14.2 Å². The van der Waals surface area contributed by atoms with Gasteiger partial charge in [0.1, 0.15) is 18.5 Å². The fraction of sp³-hybridized carbons (Fsp3) is 0.500. The van der Waals surface area contributed by atoms with Crippen molar-refractivity contribution in [1.82, 2.24) is 0 Å². The van der Waals surface area contributed by atoms with E-state index in [9.17, 15) is 18.4 Å². The van der Waals surface area contributed by atoms with Gasteiger partial charge in [-0.1, -0.05) is 115 Å². The number of unbranched alkanes of at least 4 members (excludes halogenated alkanes) is 12. The molecule has 3 aromatic rings. The number of ether oxygens (including phenoxy) is 3. The number of hydrogen-bond acceptors (Lipinski definition) is 5. The summed E-state index contributed by atoms with van der Waals surface area (Å²) in [5, 5.41) is 0. The van der Waals surface area contributed by atoms with Crippen LogP contribution in [0.3, 0.4) is 0 Å². The summed E-state index contributed by atoms with van der Waals surface area (Å²) < 4.78 is 44.5. The molecule has 3 aromatic carbocycles. The number of esters is 2. The van der Waals surface area contributed by atoms with Gasteiger partial charge in [-0.15, -0.1) is 0 Å². The summed E-state index contributed by atoms with van der Waals surface area (Å²) >= 11 is 0. The molecule has 0 fully saturated rings. The lowest BCUT2D eigenvalue weighted by Crippen LogP contribution is -2.20. The highest BCUT2D eigenvalue weighted by Crippen LogP contribution is 2.25. The summed E-state index contributed by atoms with van der Waals surface area (Å²) in [6.07, 6.45) is 16.2. The van der Waals surface area contributed by atoms with E-state index in [1.807, 2.05) is 24.3 Å². The molecule has 0 bridgehead atoms. The maximum atomic E-state index is 14.7. The van der Waals surface area contributed by atoms with Gasteiger partial charge in [0, 0.05) is 0 Å². The minimum absolute atomic E-state index is 0.0751. The Hall–Kier alpha value is -3.74. The average molecular weight is 651 g/mol. The number of hydrogen-bond donors (Lipinski definition) is 0. The van der Waals surface area contributed by atoms with Gasteiger partial charge in [-0.3, -0.25) is 0 Å². The van der Waals surface area contributed by atoms with Crippen molar-refractivity contribution in [3.05, 3.63) is 83.7 Å². The molecule has 0 heterocycles. The molecule has 1 atom stereocenters. The summed E-state index contributed by atoms with van der Waals surface area (Å²) in [4.78, 5) is 25.2. The fourth-order valence-corrected chi connectivity index (χ4v) is 5.38. The van der Waals surface area contributed by atoms with Gasteiger partial charge in [0.05, 0.1) is 17.7 Å². The highest BCUT2D eigenvalue weighted by Gasteiger charge is 2.19. The zero-order valence-electron chi connectivity index (χ0n) is 28.2. The largest absolute Gasteiger partial charge is 0.494 e. The van der Waals surface area contributed by atoms with Crippen LogP contribution < -0.4 is 9.47 Å². The molecule has 0 saturated carbocycles. The van der Waals surface area contributed by atoms with E-state index in [0.717, 1.165) is 55.0 Å². The Morgan fingerprint density at radius 2 is 1.17 bits per heavy atom. The van der Waals surface area contributed by atoms with Crippen LogP contribution >= 0.6 is 0 Å². The topological polar surface area (TPSA) is 61.8 Å². The van der Waals surface area contributed by atoms with Crippen molar-refractivity contribution < 1.29 is 32.6 Å². The van der Waals surface area contributed by atoms with Crippen LogP contribution in [-0.2, 0) is 4.74 Å². The second kappa shape index (κ2) is 21.9. The normalized spacial score (nSPS) is 11.7. The van der Waals surface area contributed by atoms with Crippen molar-refractivity contribution in [3.63, 3.8) is 0 Å². The summed E-state index contributed by atoms with van der Waals surface area (Å²) in [5.41, 5.74) is 2.06. The SMILES string of the molecule is CCCCCCCCCCCCOc1ccc(-c2ccc(C(=O)Oc3ccc(C(=O)O[C@H](CF)CCCCCC)cc3F)cc2)cc1. The Kier molecular flexibility index (Phi) is 17.6. The molecule has 7 heteroatoms. The van der Waals surface area contributed by atoms with E-state index in [1.54, 1.807) is 24.3 Å². The molecule has 47 heavy (non-hydrogen) atoms. The molecule has 0 unspecified atom stereocenters. The number of halogens is 2. The highest BCUT2D eigenvalue weighted by molar-refractivity contribution is 5.92. The Bertz CT molecular complexity index is 1320. The van der Waals surface area contributed by atoms with Crippen LogP contribution in [0.4, 0.5) is 8.78 Å². The number of carbonyl (C=O) groups excluding carboxylic acids is 2. The Balaban J connectivity index is 1.42. The summed E-state index contributed by atoms with van der Waals surface area (Å²) in [6.45, 7) is 4.24. The number of alkyl halides is 1. The van der Waals surface area contributed by atoms with Gasteiger partial charge in [-0.05, 0) is 72.9 Å². The van der Waals surface area contributed by atoms with Gasteiger partial charge >= 0.3 is 11.9 Å². The van der Waals surface area contributed by atoms with Crippen molar-refractivity contribution in [3.8, 4) is 22.6 Å². The second-order valence-electron chi connectivity index (χ2n) is 12.2. The molecule has 0 aliphatic carbocycles. The van der Waals surface area contributed by atoms with Crippen LogP contribution in [0.2, 0.25) is 0 Å². The fourth-order valence-electron chi connectivity index (χ4n) is 5.38. The first-order chi connectivity index (χ1) is 22.9. The molecule has 0 aliphatic rings. The molecule has 0 aliphatic heterocycles. The van der Waals surface area contributed by atoms with E-state index < -0.39 is 30.5 Å². The molecule has 256 valence electrons. The Morgan fingerprint density at radius 1 is 0.638 bits per heavy atom. The number of benzene rings is 3. The van der Waals surface area contributed by atoms with Crippen LogP contribution in [0.15, 0.2) is 66.7 Å². The maximum absolute atomic E-state index is 14.7. The number of carbonyl (C=O) groups is 2. The molecule has 0 radical (unpaired) electrons. The third-order valence-corrected chi connectivity index (χ3v) is 8.27. The van der Waals surface area contributed by atoms with Crippen LogP contribution in [0.5, 0.6) is 11.5 Å². The van der Waals surface area contributed by atoms with Gasteiger partial charge in [0.25, 0.3) is 0 Å². The zero-order chi connectivity index (χ0) is 33.7. The predicted molar refractivity (Wildman–Crippen MR) is 185 cm³/mol. The van der Waals surface area contributed by atoms with Crippen molar-refractivity contribution in [1.29, 1.82) is 0 Å². The standard InChI is InChI=1S/C40H52F2O5/c1-3-5-7-9-10-11-12-13-14-16-28-45-35-25-22-32(23-26-35)31-18-20-33(21-19-31)39(43)47-38-27-24-34(29-37(38)42)40(44)46-36(30-41)17-15-8-6-4-2/h18-27,29,36H,3-17,28,30H2,1-2H3/t36-/m0/s1. The van der Waals surface area contributed by atoms with E-state index in [2.05, 4.69) is 13.8 Å². The monoisotopic (exact) mass is 650 g/mol. The van der Waals surface area contributed by atoms with Crippen LogP contribution in [0, 0.1) is 5.82 Å². The van der Waals surface area contributed by atoms with Gasteiger partial charge in [-0.25, -0.2) is 18.4 Å². The number of rotatable bonds is 23. The smallest absolute Gasteiger partial charge is 0.343 e. The minimum Gasteiger partial charge on any atom is -0.494 e. The Morgan fingerprint density at radius 3 is 1.74 bits per heavy atom. The van der Waals surface area contributed by atoms with E-state index >= 15 is 0 Å². The summed E-state index contributed by atoms with van der Waals surface area (Å²) in [5.74, 6) is -1.92. The van der Waals surface area contributed by atoms with Crippen molar-refractivity contribution in [2.45, 2.75) is 116 Å². The van der Waals surface area contributed by atoms with Crippen molar-refractivity contribution >= 4 is 11.9 Å². The third kappa shape index (κ3) is 13.9. The first-order valence-corrected chi connectivity index (χ1v) is 17.6. The summed E-state index contributed by atoms with van der Waals surface area (Å²) in [6, 6.07) is 18.1. The molecular formula is C40H52F2O5. The molecule has 0 aromatic heterocycles.